The molecule has 0 atom stereocenters. The Labute approximate surface area is 129 Å². The number of methoxy groups -OCH3 is 1. The number of para-hydroxylation sites is 1. The Balaban J connectivity index is 2.19. The monoisotopic (exact) mass is 290 g/mol. The molecule has 4 aromatic rings. The van der Waals surface area contributed by atoms with E-state index in [1.807, 2.05) is 12.1 Å². The van der Waals surface area contributed by atoms with Crippen molar-refractivity contribution in [1.29, 1.82) is 0 Å². The third kappa shape index (κ3) is 1.62. The van der Waals surface area contributed by atoms with Crippen LogP contribution in [0.25, 0.3) is 27.6 Å². The molecule has 0 unspecified atom stereocenters. The first-order valence-corrected chi connectivity index (χ1v) is 7.41. The van der Waals surface area contributed by atoms with Crippen LogP contribution in [0.3, 0.4) is 0 Å². The molecule has 0 saturated heterocycles. The molecule has 2 heterocycles. The van der Waals surface area contributed by atoms with Crippen molar-refractivity contribution in [3.63, 3.8) is 0 Å². The normalized spacial score (nSPS) is 11.4. The fourth-order valence-electron chi connectivity index (χ4n) is 3.33. The van der Waals surface area contributed by atoms with E-state index >= 15 is 0 Å². The lowest BCUT2D eigenvalue weighted by molar-refractivity contribution is 0.411. The van der Waals surface area contributed by atoms with E-state index in [0.29, 0.717) is 0 Å². The van der Waals surface area contributed by atoms with Gasteiger partial charge in [-0.1, -0.05) is 24.3 Å². The topological polar surface area (TPSA) is 19.1 Å². The first-order valence-electron chi connectivity index (χ1n) is 7.41. The van der Waals surface area contributed by atoms with Crippen LogP contribution < -0.4 is 4.74 Å². The lowest BCUT2D eigenvalue weighted by Crippen LogP contribution is -2.01. The number of rotatable bonds is 2. The largest absolute Gasteiger partial charge is 0.496 e. The van der Waals surface area contributed by atoms with Gasteiger partial charge >= 0.3 is 0 Å². The Bertz CT molecular complexity index is 991. The molecule has 3 heteroatoms. The Kier molecular flexibility index (Phi) is 2.76. The number of nitrogens with zero attached hydrogens (tertiary/aromatic N) is 2. The molecule has 2 aromatic carbocycles. The highest BCUT2D eigenvalue weighted by atomic mass is 16.5. The lowest BCUT2D eigenvalue weighted by atomic mass is 10.1. The Morgan fingerprint density at radius 2 is 1.73 bits per heavy atom. The van der Waals surface area contributed by atoms with Crippen molar-refractivity contribution in [3.8, 4) is 11.4 Å². The smallest absolute Gasteiger partial charge is 0.125 e. The molecule has 0 fully saturated rings. The van der Waals surface area contributed by atoms with Crippen molar-refractivity contribution >= 4 is 21.9 Å². The molecule has 0 aliphatic carbocycles. The highest BCUT2D eigenvalue weighted by molar-refractivity contribution is 6.08. The predicted octanol–water partition coefficient (Wildman–Crippen LogP) is 4.44. The highest BCUT2D eigenvalue weighted by Gasteiger charge is 2.16. The zero-order valence-electron chi connectivity index (χ0n) is 13.0. The molecule has 110 valence electrons. The van der Waals surface area contributed by atoms with E-state index in [-0.39, 0.29) is 0 Å². The molecule has 4 rings (SSSR count). The van der Waals surface area contributed by atoms with Crippen LogP contribution in [0.15, 0.2) is 54.7 Å². The molecule has 0 saturated carbocycles. The van der Waals surface area contributed by atoms with Gasteiger partial charge in [-0.2, -0.15) is 0 Å². The number of hydrogen-bond donors (Lipinski definition) is 0. The maximum Gasteiger partial charge on any atom is 0.125 e. The van der Waals surface area contributed by atoms with Crippen molar-refractivity contribution in [1.82, 2.24) is 9.13 Å². The van der Waals surface area contributed by atoms with E-state index in [1.165, 1.54) is 21.9 Å². The van der Waals surface area contributed by atoms with Gasteiger partial charge in [0.25, 0.3) is 0 Å². The molecule has 2 aromatic heterocycles. The van der Waals surface area contributed by atoms with Gasteiger partial charge in [0.15, 0.2) is 0 Å². The van der Waals surface area contributed by atoms with Gasteiger partial charge < -0.3 is 9.30 Å². The Morgan fingerprint density at radius 3 is 2.55 bits per heavy atom. The summed E-state index contributed by atoms with van der Waals surface area (Å²) in [5.74, 6) is 0.914. The molecule has 0 aliphatic rings. The summed E-state index contributed by atoms with van der Waals surface area (Å²) >= 11 is 0. The van der Waals surface area contributed by atoms with Crippen LogP contribution in [0.5, 0.6) is 5.75 Å². The van der Waals surface area contributed by atoms with Gasteiger partial charge in [-0.05, 0) is 31.2 Å². The summed E-state index contributed by atoms with van der Waals surface area (Å²) in [5, 5.41) is 2.56. The van der Waals surface area contributed by atoms with Crippen molar-refractivity contribution in [2.75, 3.05) is 7.11 Å². The molecule has 22 heavy (non-hydrogen) atoms. The van der Waals surface area contributed by atoms with Crippen LogP contribution in [0, 0.1) is 6.92 Å². The standard InChI is InChI=1S/C19H18N2O/c1-13-16(9-6-10-18(13)22-3)21-17-8-5-4-7-14(17)15-11-12-20(2)19(15)21/h4-12H,1-3H3. The number of hydrogen-bond acceptors (Lipinski definition) is 1. The molecule has 0 aliphatic heterocycles. The van der Waals surface area contributed by atoms with E-state index in [9.17, 15) is 0 Å². The summed E-state index contributed by atoms with van der Waals surface area (Å²) in [6, 6.07) is 16.9. The number of benzene rings is 2. The van der Waals surface area contributed by atoms with Crippen molar-refractivity contribution in [2.45, 2.75) is 6.92 Å². The minimum absolute atomic E-state index is 0.914. The minimum Gasteiger partial charge on any atom is -0.496 e. The lowest BCUT2D eigenvalue weighted by Gasteiger charge is -2.14. The molecule has 0 N–H and O–H groups in total. The van der Waals surface area contributed by atoms with E-state index < -0.39 is 0 Å². The molecule has 0 radical (unpaired) electrons. The molecular weight excluding hydrogens is 272 g/mol. The Hall–Kier alpha value is -2.68. The molecule has 0 spiro atoms. The van der Waals surface area contributed by atoms with Crippen LogP contribution in [0.4, 0.5) is 0 Å². The third-order valence-electron chi connectivity index (χ3n) is 4.40. The van der Waals surface area contributed by atoms with Gasteiger partial charge in [0, 0.05) is 29.6 Å². The van der Waals surface area contributed by atoms with Crippen LogP contribution >= 0.6 is 0 Å². The fourth-order valence-corrected chi connectivity index (χ4v) is 3.33. The maximum absolute atomic E-state index is 5.50. The van der Waals surface area contributed by atoms with Crippen LogP contribution in [0.1, 0.15) is 5.56 Å². The van der Waals surface area contributed by atoms with Gasteiger partial charge in [0.05, 0.1) is 18.3 Å². The second-order valence-electron chi connectivity index (χ2n) is 5.62. The average molecular weight is 290 g/mol. The Morgan fingerprint density at radius 1 is 0.909 bits per heavy atom. The summed E-state index contributed by atoms with van der Waals surface area (Å²) < 4.78 is 10.00. The van der Waals surface area contributed by atoms with Crippen LogP contribution in [-0.4, -0.2) is 16.2 Å². The zero-order chi connectivity index (χ0) is 15.3. The van der Waals surface area contributed by atoms with E-state index in [0.717, 1.165) is 17.0 Å². The van der Waals surface area contributed by atoms with Crippen molar-refractivity contribution < 1.29 is 4.74 Å². The van der Waals surface area contributed by atoms with Gasteiger partial charge in [0.1, 0.15) is 11.4 Å². The quantitative estimate of drug-likeness (QED) is 0.534. The van der Waals surface area contributed by atoms with E-state index in [4.69, 9.17) is 4.74 Å². The van der Waals surface area contributed by atoms with Gasteiger partial charge in [0.2, 0.25) is 0 Å². The summed E-state index contributed by atoms with van der Waals surface area (Å²) in [5.41, 5.74) is 4.74. The number of aromatic nitrogens is 2. The summed E-state index contributed by atoms with van der Waals surface area (Å²) in [7, 11) is 3.81. The third-order valence-corrected chi connectivity index (χ3v) is 4.40. The minimum atomic E-state index is 0.914. The highest BCUT2D eigenvalue weighted by Crippen LogP contribution is 2.35. The first kappa shape index (κ1) is 13.0. The van der Waals surface area contributed by atoms with Crippen molar-refractivity contribution in [3.05, 3.63) is 60.3 Å². The van der Waals surface area contributed by atoms with Crippen LogP contribution in [-0.2, 0) is 7.05 Å². The number of ether oxygens (including phenoxy) is 1. The number of aryl methyl sites for hydroxylation is 1. The second-order valence-corrected chi connectivity index (χ2v) is 5.62. The fraction of sp³-hybridized carbons (Fsp3) is 0.158. The maximum atomic E-state index is 5.50. The first-order chi connectivity index (χ1) is 10.7. The summed E-state index contributed by atoms with van der Waals surface area (Å²) in [6.07, 6.45) is 2.11. The van der Waals surface area contributed by atoms with E-state index in [2.05, 4.69) is 65.7 Å². The van der Waals surface area contributed by atoms with Crippen LogP contribution in [0.2, 0.25) is 0 Å². The molecule has 0 amide bonds. The average Bonchev–Trinajstić information content (AvgIpc) is 3.07. The molecular formula is C19H18N2O. The summed E-state index contributed by atoms with van der Waals surface area (Å²) in [6.45, 7) is 2.11. The van der Waals surface area contributed by atoms with E-state index in [1.54, 1.807) is 7.11 Å². The van der Waals surface area contributed by atoms with Gasteiger partial charge in [-0.15, -0.1) is 0 Å². The number of fused-ring (bicyclic) bond motifs is 3. The predicted molar refractivity (Wildman–Crippen MR) is 91.0 cm³/mol. The molecule has 0 bridgehead atoms. The summed E-state index contributed by atoms with van der Waals surface area (Å²) in [4.78, 5) is 0. The van der Waals surface area contributed by atoms with Crippen molar-refractivity contribution in [2.24, 2.45) is 7.05 Å². The molecule has 3 nitrogen and oxygen atoms in total. The zero-order valence-corrected chi connectivity index (χ0v) is 13.0. The van der Waals surface area contributed by atoms with Gasteiger partial charge in [-0.25, -0.2) is 0 Å². The SMILES string of the molecule is COc1cccc(-n2c3ccccc3c3ccn(C)c32)c1C. The van der Waals surface area contributed by atoms with Gasteiger partial charge in [-0.3, -0.25) is 4.57 Å². The second kappa shape index (κ2) is 4.67.